The first-order chi connectivity index (χ1) is 12.6. The molecule has 0 bridgehead atoms. The van der Waals surface area contributed by atoms with Crippen LogP contribution < -0.4 is 5.32 Å². The van der Waals surface area contributed by atoms with Gasteiger partial charge in [0.1, 0.15) is 0 Å². The molecule has 0 aliphatic carbocycles. The number of fused-ring (bicyclic) bond motifs is 1. The maximum Gasteiger partial charge on any atom is 0.339 e. The third kappa shape index (κ3) is 3.23. The van der Waals surface area contributed by atoms with Crippen molar-refractivity contribution in [3.8, 4) is 11.3 Å². The molecule has 1 aliphatic rings. The number of nitrogens with zero attached hydrogens (tertiary/aromatic N) is 1. The number of amides is 1. The molecule has 2 aromatic carbocycles. The number of cyclic esters (lactones) is 1. The molecule has 1 aromatic heterocycles. The van der Waals surface area contributed by atoms with Gasteiger partial charge < -0.3 is 10.1 Å². The lowest BCUT2D eigenvalue weighted by Crippen LogP contribution is -2.37. The summed E-state index contributed by atoms with van der Waals surface area (Å²) in [4.78, 5) is 29.1. The Morgan fingerprint density at radius 1 is 1.23 bits per heavy atom. The van der Waals surface area contributed by atoms with Gasteiger partial charge in [0.15, 0.2) is 6.10 Å². The van der Waals surface area contributed by atoms with Gasteiger partial charge in [-0.3, -0.25) is 4.79 Å². The van der Waals surface area contributed by atoms with Crippen molar-refractivity contribution in [1.29, 1.82) is 0 Å². The van der Waals surface area contributed by atoms with Gasteiger partial charge in [0, 0.05) is 23.1 Å². The van der Waals surface area contributed by atoms with Crippen LogP contribution in [0.4, 0.5) is 5.69 Å². The van der Waals surface area contributed by atoms with E-state index in [4.69, 9.17) is 4.74 Å². The molecule has 3 aromatic rings. The Kier molecular flexibility index (Phi) is 4.26. The third-order valence-corrected chi connectivity index (χ3v) is 5.00. The number of thiazole rings is 1. The maximum atomic E-state index is 12.6. The zero-order valence-corrected chi connectivity index (χ0v) is 14.9. The maximum absolute atomic E-state index is 12.6. The summed E-state index contributed by atoms with van der Waals surface area (Å²) < 4.78 is 5.30. The van der Waals surface area contributed by atoms with Crippen LogP contribution in [-0.2, 0) is 16.0 Å². The minimum absolute atomic E-state index is 0.334. The molecular formula is C20H16N2O3S. The number of benzene rings is 2. The highest BCUT2D eigenvalue weighted by Crippen LogP contribution is 2.25. The number of carbonyl (C=O) groups excluding carboxylic acids is 2. The second kappa shape index (κ2) is 6.72. The van der Waals surface area contributed by atoms with Crippen LogP contribution in [0.15, 0.2) is 53.9 Å². The standard InChI is InChI=1S/C20H16N2O3S/c1-12-21-17(11-26-12)14-6-4-7-15(9-14)22-19(23)18-10-13-5-2-3-8-16(13)20(24)25-18/h2-9,11,18H,10H2,1H3,(H,22,23)/t18-/m1/s1. The van der Waals surface area contributed by atoms with Crippen LogP contribution in [-0.4, -0.2) is 23.0 Å². The number of carbonyl (C=O) groups is 2. The summed E-state index contributed by atoms with van der Waals surface area (Å²) in [6, 6.07) is 14.7. The van der Waals surface area contributed by atoms with Crippen molar-refractivity contribution in [2.24, 2.45) is 0 Å². The van der Waals surface area contributed by atoms with Crippen LogP contribution >= 0.6 is 11.3 Å². The predicted molar refractivity (Wildman–Crippen MR) is 100 cm³/mol. The van der Waals surface area contributed by atoms with Gasteiger partial charge in [0.05, 0.1) is 16.3 Å². The molecule has 5 nitrogen and oxygen atoms in total. The SMILES string of the molecule is Cc1nc(-c2cccc(NC(=O)[C@H]3Cc4ccccc4C(=O)O3)c2)cs1. The van der Waals surface area contributed by atoms with E-state index >= 15 is 0 Å². The van der Waals surface area contributed by atoms with E-state index in [1.165, 1.54) is 0 Å². The van der Waals surface area contributed by atoms with Crippen molar-refractivity contribution in [3.63, 3.8) is 0 Å². The van der Waals surface area contributed by atoms with Gasteiger partial charge >= 0.3 is 5.97 Å². The Bertz CT molecular complexity index is 996. The first-order valence-corrected chi connectivity index (χ1v) is 9.10. The molecule has 0 radical (unpaired) electrons. The van der Waals surface area contributed by atoms with Gasteiger partial charge in [-0.1, -0.05) is 30.3 Å². The normalized spacial score (nSPS) is 15.9. The van der Waals surface area contributed by atoms with Crippen LogP contribution in [0.1, 0.15) is 20.9 Å². The number of rotatable bonds is 3. The summed E-state index contributed by atoms with van der Waals surface area (Å²) in [7, 11) is 0. The molecular weight excluding hydrogens is 348 g/mol. The average molecular weight is 364 g/mol. The number of ether oxygens (including phenoxy) is 1. The van der Waals surface area contributed by atoms with Gasteiger partial charge in [0.2, 0.25) is 0 Å². The van der Waals surface area contributed by atoms with E-state index < -0.39 is 12.1 Å². The molecule has 0 fully saturated rings. The highest BCUT2D eigenvalue weighted by Gasteiger charge is 2.31. The van der Waals surface area contributed by atoms with Crippen molar-refractivity contribution >= 4 is 28.9 Å². The van der Waals surface area contributed by atoms with E-state index in [-0.39, 0.29) is 5.91 Å². The number of anilines is 1. The summed E-state index contributed by atoms with van der Waals surface area (Å²) in [5, 5.41) is 5.81. The van der Waals surface area contributed by atoms with Gasteiger partial charge in [-0.25, -0.2) is 9.78 Å². The highest BCUT2D eigenvalue weighted by molar-refractivity contribution is 7.09. The van der Waals surface area contributed by atoms with Gasteiger partial charge in [0.25, 0.3) is 5.91 Å². The first kappa shape index (κ1) is 16.5. The number of aryl methyl sites for hydroxylation is 1. The van der Waals surface area contributed by atoms with Crippen LogP contribution in [0, 0.1) is 6.92 Å². The Morgan fingerprint density at radius 3 is 2.88 bits per heavy atom. The third-order valence-electron chi connectivity index (χ3n) is 4.23. The Balaban J connectivity index is 1.51. The summed E-state index contributed by atoms with van der Waals surface area (Å²) in [6.07, 6.45) is -0.457. The fourth-order valence-electron chi connectivity index (χ4n) is 2.95. The first-order valence-electron chi connectivity index (χ1n) is 8.22. The van der Waals surface area contributed by atoms with Crippen LogP contribution in [0.2, 0.25) is 0 Å². The van der Waals surface area contributed by atoms with E-state index in [0.717, 1.165) is 21.8 Å². The Labute approximate surface area is 154 Å². The molecule has 0 saturated carbocycles. The predicted octanol–water partition coefficient (Wildman–Crippen LogP) is 3.84. The molecule has 0 saturated heterocycles. The fraction of sp³-hybridized carbons (Fsp3) is 0.150. The van der Waals surface area contributed by atoms with E-state index in [1.807, 2.05) is 42.6 Å². The van der Waals surface area contributed by atoms with Gasteiger partial charge in [-0.05, 0) is 30.7 Å². The molecule has 26 heavy (non-hydrogen) atoms. The Hall–Kier alpha value is -2.99. The monoisotopic (exact) mass is 364 g/mol. The molecule has 1 atom stereocenters. The zero-order chi connectivity index (χ0) is 18.1. The van der Waals surface area contributed by atoms with Crippen LogP contribution in [0.3, 0.4) is 0 Å². The highest BCUT2D eigenvalue weighted by atomic mass is 32.1. The van der Waals surface area contributed by atoms with E-state index in [9.17, 15) is 9.59 Å². The second-order valence-corrected chi connectivity index (χ2v) is 7.14. The molecule has 4 rings (SSSR count). The topological polar surface area (TPSA) is 68.3 Å². The van der Waals surface area contributed by atoms with Crippen molar-refractivity contribution < 1.29 is 14.3 Å². The van der Waals surface area contributed by atoms with E-state index in [0.29, 0.717) is 17.7 Å². The average Bonchev–Trinajstić information content (AvgIpc) is 3.08. The van der Waals surface area contributed by atoms with Gasteiger partial charge in [-0.15, -0.1) is 11.3 Å². The summed E-state index contributed by atoms with van der Waals surface area (Å²) >= 11 is 1.58. The number of hydrogen-bond acceptors (Lipinski definition) is 5. The summed E-state index contributed by atoms with van der Waals surface area (Å²) in [5.74, 6) is -0.793. The molecule has 1 N–H and O–H groups in total. The molecule has 1 aliphatic heterocycles. The zero-order valence-electron chi connectivity index (χ0n) is 14.1. The molecule has 2 heterocycles. The minimum Gasteiger partial charge on any atom is -0.448 e. The molecule has 0 unspecified atom stereocenters. The number of hydrogen-bond donors (Lipinski definition) is 1. The smallest absolute Gasteiger partial charge is 0.339 e. The lowest BCUT2D eigenvalue weighted by atomic mass is 9.98. The van der Waals surface area contributed by atoms with Crippen LogP contribution in [0.5, 0.6) is 0 Å². The number of nitrogens with one attached hydrogen (secondary N) is 1. The van der Waals surface area contributed by atoms with Crippen molar-refractivity contribution in [2.45, 2.75) is 19.4 Å². The molecule has 6 heteroatoms. The van der Waals surface area contributed by atoms with E-state index in [2.05, 4.69) is 10.3 Å². The van der Waals surface area contributed by atoms with Crippen molar-refractivity contribution in [3.05, 3.63) is 70.0 Å². The number of esters is 1. The lowest BCUT2D eigenvalue weighted by Gasteiger charge is -2.23. The second-order valence-electron chi connectivity index (χ2n) is 6.08. The Morgan fingerprint density at radius 2 is 2.08 bits per heavy atom. The van der Waals surface area contributed by atoms with Gasteiger partial charge in [-0.2, -0.15) is 0 Å². The fourth-order valence-corrected chi connectivity index (χ4v) is 3.57. The van der Waals surface area contributed by atoms with Crippen LogP contribution in [0.25, 0.3) is 11.3 Å². The quantitative estimate of drug-likeness (QED) is 0.717. The minimum atomic E-state index is -0.831. The van der Waals surface area contributed by atoms with Crippen molar-refractivity contribution in [2.75, 3.05) is 5.32 Å². The summed E-state index contributed by atoms with van der Waals surface area (Å²) in [6.45, 7) is 1.95. The lowest BCUT2D eigenvalue weighted by molar-refractivity contribution is -0.125. The largest absolute Gasteiger partial charge is 0.448 e. The molecule has 1 amide bonds. The molecule has 130 valence electrons. The van der Waals surface area contributed by atoms with Crippen molar-refractivity contribution in [1.82, 2.24) is 4.98 Å². The number of aromatic nitrogens is 1. The van der Waals surface area contributed by atoms with E-state index in [1.54, 1.807) is 29.5 Å². The summed E-state index contributed by atoms with van der Waals surface area (Å²) in [5.41, 5.74) is 3.81. The molecule has 0 spiro atoms.